The molecule has 135 valence electrons. The van der Waals surface area contributed by atoms with E-state index in [1.165, 1.54) is 51.4 Å². The fraction of sp³-hybridized carbons (Fsp3) is 0.667. The Morgan fingerprint density at radius 3 is 1.42 bits per heavy atom. The lowest BCUT2D eigenvalue weighted by molar-refractivity contribution is -0.137. The van der Waals surface area contributed by atoms with Gasteiger partial charge in [0.15, 0.2) is 0 Å². The fourth-order valence-electron chi connectivity index (χ4n) is 3.03. The Bertz CT molecular complexity index is 332. The Labute approximate surface area is 148 Å². The van der Waals surface area contributed by atoms with Crippen LogP contribution in [0.5, 0.6) is 0 Å². The van der Waals surface area contributed by atoms with Crippen LogP contribution in [0, 0.1) is 31.6 Å². The summed E-state index contributed by atoms with van der Waals surface area (Å²) in [5, 5.41) is 8.54. The highest BCUT2D eigenvalue weighted by atomic mass is 16.4. The van der Waals surface area contributed by atoms with E-state index in [4.69, 9.17) is 5.11 Å². The van der Waals surface area contributed by atoms with Gasteiger partial charge in [0.25, 0.3) is 0 Å². The average molecular weight is 333 g/mol. The third-order valence-corrected chi connectivity index (χ3v) is 4.53. The van der Waals surface area contributed by atoms with Gasteiger partial charge in [0.1, 0.15) is 5.78 Å². The van der Waals surface area contributed by atoms with Gasteiger partial charge < -0.3 is 5.11 Å². The summed E-state index contributed by atoms with van der Waals surface area (Å²) in [6.45, 7) is 0. The minimum atomic E-state index is -0.676. The van der Waals surface area contributed by atoms with Gasteiger partial charge in [-0.05, 0) is 38.5 Å². The summed E-state index contributed by atoms with van der Waals surface area (Å²) in [6.07, 6.45) is 22.8. The molecule has 0 aromatic heterocycles. The molecule has 1 aliphatic carbocycles. The van der Waals surface area contributed by atoms with Gasteiger partial charge in [-0.3, -0.25) is 9.59 Å². The smallest absolute Gasteiger partial charge is 0.303 e. The highest BCUT2D eigenvalue weighted by Gasteiger charge is 2.23. The van der Waals surface area contributed by atoms with Crippen LogP contribution in [0.4, 0.5) is 0 Å². The van der Waals surface area contributed by atoms with Gasteiger partial charge in [0, 0.05) is 18.8 Å². The number of carbonyl (C=O) groups is 2. The van der Waals surface area contributed by atoms with Crippen molar-refractivity contribution in [3.63, 3.8) is 0 Å². The Kier molecular flexibility index (Phi) is 12.8. The molecule has 3 heteroatoms. The molecule has 3 nitrogen and oxygen atoms in total. The third-order valence-electron chi connectivity index (χ3n) is 4.53. The molecule has 1 N–H and O–H groups in total. The molecule has 1 rings (SSSR count). The zero-order valence-electron chi connectivity index (χ0n) is 15.0. The lowest BCUT2D eigenvalue weighted by Crippen LogP contribution is -2.08. The van der Waals surface area contributed by atoms with Crippen molar-refractivity contribution in [3.8, 4) is 0 Å². The molecule has 0 spiro atoms. The molecule has 24 heavy (non-hydrogen) atoms. The van der Waals surface area contributed by atoms with E-state index in [0.29, 0.717) is 12.8 Å². The first-order chi connectivity index (χ1) is 11.7. The molecule has 0 aromatic carbocycles. The number of rotatable bonds is 16. The number of unbranched alkanes of at least 4 members (excludes halogenated alkanes) is 11. The lowest BCUT2D eigenvalue weighted by atomic mass is 9.97. The van der Waals surface area contributed by atoms with Gasteiger partial charge in [-0.1, -0.05) is 64.2 Å². The van der Waals surface area contributed by atoms with Crippen LogP contribution in [0.3, 0.4) is 0 Å². The summed E-state index contributed by atoms with van der Waals surface area (Å²) in [7, 11) is 0. The predicted molar refractivity (Wildman–Crippen MR) is 97.7 cm³/mol. The van der Waals surface area contributed by atoms with Crippen LogP contribution in [-0.2, 0) is 9.59 Å². The van der Waals surface area contributed by atoms with Crippen LogP contribution in [0.2, 0.25) is 0 Å². The van der Waals surface area contributed by atoms with E-state index in [-0.39, 0.29) is 5.78 Å². The highest BCUT2D eigenvalue weighted by Crippen LogP contribution is 2.25. The Morgan fingerprint density at radius 1 is 0.625 bits per heavy atom. The van der Waals surface area contributed by atoms with Gasteiger partial charge in [-0.15, -0.1) is 0 Å². The normalized spacial score (nSPS) is 15.0. The van der Waals surface area contributed by atoms with Crippen molar-refractivity contribution in [2.75, 3.05) is 0 Å². The van der Waals surface area contributed by atoms with Crippen molar-refractivity contribution >= 4 is 11.8 Å². The molecule has 1 saturated carbocycles. The van der Waals surface area contributed by atoms with E-state index in [2.05, 4.69) is 0 Å². The first-order valence-corrected chi connectivity index (χ1v) is 9.67. The van der Waals surface area contributed by atoms with E-state index in [1.807, 2.05) is 25.7 Å². The van der Waals surface area contributed by atoms with Crippen LogP contribution >= 0.6 is 0 Å². The number of carboxylic acid groups (broad SMARTS) is 1. The maximum Gasteiger partial charge on any atom is 0.303 e. The number of carboxylic acids is 1. The van der Waals surface area contributed by atoms with E-state index in [9.17, 15) is 9.59 Å². The number of carbonyl (C=O) groups excluding carboxylic acids is 1. The number of ketones is 1. The van der Waals surface area contributed by atoms with Crippen LogP contribution in [-0.4, -0.2) is 16.9 Å². The molecule has 0 saturated heterocycles. The van der Waals surface area contributed by atoms with E-state index < -0.39 is 5.97 Å². The second-order valence-electron chi connectivity index (χ2n) is 6.73. The first-order valence-electron chi connectivity index (χ1n) is 9.67. The number of aliphatic carboxylic acids is 1. The summed E-state index contributed by atoms with van der Waals surface area (Å²) < 4.78 is 0. The summed E-state index contributed by atoms with van der Waals surface area (Å²) in [4.78, 5) is 22.2. The second kappa shape index (κ2) is 14.5. The van der Waals surface area contributed by atoms with Crippen molar-refractivity contribution in [2.24, 2.45) is 0 Å². The molecule has 0 bridgehead atoms. The van der Waals surface area contributed by atoms with Gasteiger partial charge in [-0.2, -0.15) is 0 Å². The standard InChI is InChI=1S/C21H33O3/c22-20(19-15-13-14-16-19)17-11-9-7-5-3-1-2-4-6-8-10-12-18-21(23)24/h13-16H,1-12,17-18H2,(H,23,24). The third kappa shape index (κ3) is 11.6. The van der Waals surface area contributed by atoms with Gasteiger partial charge in [0.05, 0.1) is 0 Å². The number of hydrogen-bond donors (Lipinski definition) is 1. The zero-order chi connectivity index (χ0) is 17.5. The van der Waals surface area contributed by atoms with Crippen LogP contribution < -0.4 is 0 Å². The van der Waals surface area contributed by atoms with Gasteiger partial charge in [0.2, 0.25) is 0 Å². The van der Waals surface area contributed by atoms with Gasteiger partial charge >= 0.3 is 5.97 Å². The zero-order valence-corrected chi connectivity index (χ0v) is 15.0. The molecule has 0 amide bonds. The minimum Gasteiger partial charge on any atom is -0.481 e. The second-order valence-corrected chi connectivity index (χ2v) is 6.73. The van der Waals surface area contributed by atoms with E-state index in [1.54, 1.807) is 0 Å². The summed E-state index contributed by atoms with van der Waals surface area (Å²) in [6, 6.07) is 0. The van der Waals surface area contributed by atoms with Crippen molar-refractivity contribution in [1.29, 1.82) is 0 Å². The molecule has 1 fully saturated rings. The SMILES string of the molecule is O=C(O)CCCCCCCCCCCCCCC(=O)[C]1[CH][CH][CH][CH]1. The molecule has 0 heterocycles. The summed E-state index contributed by atoms with van der Waals surface area (Å²) in [5.41, 5.74) is 0. The average Bonchev–Trinajstić information content (AvgIpc) is 3.09. The van der Waals surface area contributed by atoms with E-state index in [0.717, 1.165) is 31.6 Å². The first kappa shape index (κ1) is 21.2. The predicted octanol–water partition coefficient (Wildman–Crippen LogP) is 5.51. The topological polar surface area (TPSA) is 54.4 Å². The summed E-state index contributed by atoms with van der Waals surface area (Å²) in [5.74, 6) is 0.464. The maximum absolute atomic E-state index is 11.8. The molecule has 0 aromatic rings. The highest BCUT2D eigenvalue weighted by molar-refractivity contribution is 5.97. The Balaban J connectivity index is 1.73. The lowest BCUT2D eigenvalue weighted by Gasteiger charge is -2.06. The molecule has 0 atom stereocenters. The molecule has 1 aliphatic rings. The van der Waals surface area contributed by atoms with Crippen molar-refractivity contribution < 1.29 is 14.7 Å². The van der Waals surface area contributed by atoms with E-state index >= 15 is 0 Å². The fourth-order valence-corrected chi connectivity index (χ4v) is 3.03. The largest absolute Gasteiger partial charge is 0.481 e. The number of hydrogen-bond acceptors (Lipinski definition) is 2. The molecular weight excluding hydrogens is 300 g/mol. The molecular formula is C21H33O3. The monoisotopic (exact) mass is 333 g/mol. The van der Waals surface area contributed by atoms with Crippen LogP contribution in [0.1, 0.15) is 89.9 Å². The molecule has 0 unspecified atom stereocenters. The maximum atomic E-state index is 11.8. The Morgan fingerprint density at radius 2 is 1.00 bits per heavy atom. The van der Waals surface area contributed by atoms with Gasteiger partial charge in [-0.25, -0.2) is 0 Å². The minimum absolute atomic E-state index is 0.281. The van der Waals surface area contributed by atoms with Crippen molar-refractivity contribution in [3.05, 3.63) is 31.6 Å². The quantitative estimate of drug-likeness (QED) is 0.379. The van der Waals surface area contributed by atoms with Crippen LogP contribution in [0.25, 0.3) is 0 Å². The van der Waals surface area contributed by atoms with Crippen molar-refractivity contribution in [1.82, 2.24) is 0 Å². The number of Topliss-reactive ketones (excluding diaryl/α,β-unsaturated/α-hetero) is 1. The van der Waals surface area contributed by atoms with Crippen molar-refractivity contribution in [2.45, 2.75) is 89.9 Å². The molecule has 0 aliphatic heterocycles. The summed E-state index contributed by atoms with van der Waals surface area (Å²) >= 11 is 0. The Hall–Kier alpha value is -0.860. The van der Waals surface area contributed by atoms with Crippen LogP contribution in [0.15, 0.2) is 0 Å². The molecule has 5 radical (unpaired) electrons.